The topological polar surface area (TPSA) is 132 Å². The van der Waals surface area contributed by atoms with E-state index in [0.717, 1.165) is 89.9 Å². The maximum absolute atomic E-state index is 13.2. The van der Waals surface area contributed by atoms with Gasteiger partial charge in [0.15, 0.2) is 0 Å². The predicted octanol–water partition coefficient (Wildman–Crippen LogP) is 10.0. The molecule has 0 aromatic rings. The normalized spacial score (nSPS) is 14.5. The lowest BCUT2D eigenvalue weighted by atomic mass is 9.94. The molecular weight excluding hydrogens is 672 g/mol. The Hall–Kier alpha value is -1.26. The molecule has 0 rings (SSSR count). The number of rotatable bonds is 41. The number of carbonyl (C=O) groups is 2. The minimum atomic E-state index is -1.07. The van der Waals surface area contributed by atoms with Crippen molar-refractivity contribution in [2.75, 3.05) is 39.6 Å². The van der Waals surface area contributed by atoms with E-state index >= 15 is 0 Å². The molecule has 0 spiro atoms. The molecule has 0 aliphatic rings. The number of esters is 2. The van der Waals surface area contributed by atoms with E-state index in [0.29, 0.717) is 0 Å². The van der Waals surface area contributed by atoms with E-state index in [1.165, 1.54) is 83.5 Å². The second-order valence-corrected chi connectivity index (χ2v) is 15.5. The van der Waals surface area contributed by atoms with Crippen LogP contribution in [0.3, 0.4) is 0 Å². The highest BCUT2D eigenvalue weighted by Crippen LogP contribution is 2.22. The van der Waals surface area contributed by atoms with Gasteiger partial charge in [-0.05, 0) is 25.7 Å². The Morgan fingerprint density at radius 1 is 0.434 bits per heavy atom. The van der Waals surface area contributed by atoms with Crippen molar-refractivity contribution < 1.29 is 43.9 Å². The molecule has 0 amide bonds. The van der Waals surface area contributed by atoms with Crippen molar-refractivity contribution in [1.82, 2.24) is 0 Å². The van der Waals surface area contributed by atoms with Crippen LogP contribution in [0.1, 0.15) is 201 Å². The molecule has 3 N–H and O–H groups in total. The van der Waals surface area contributed by atoms with Gasteiger partial charge >= 0.3 is 11.9 Å². The van der Waals surface area contributed by atoms with Gasteiger partial charge in [0.2, 0.25) is 0 Å². The number of aliphatic hydroxyl groups is 3. The smallest absolute Gasteiger partial charge is 0.309 e. The van der Waals surface area contributed by atoms with Gasteiger partial charge in [-0.3, -0.25) is 9.59 Å². The van der Waals surface area contributed by atoms with Crippen LogP contribution in [-0.4, -0.2) is 85.2 Å². The third-order valence-corrected chi connectivity index (χ3v) is 10.2. The van der Waals surface area contributed by atoms with Crippen molar-refractivity contribution in [3.05, 3.63) is 0 Å². The Labute approximate surface area is 326 Å². The van der Waals surface area contributed by atoms with Gasteiger partial charge in [0.25, 0.3) is 0 Å². The summed E-state index contributed by atoms with van der Waals surface area (Å²) in [6.45, 7) is 7.96. The Balaban J connectivity index is 4.96. The lowest BCUT2D eigenvalue weighted by molar-refractivity contribution is -0.158. The lowest BCUT2D eigenvalue weighted by Gasteiger charge is -2.22. The van der Waals surface area contributed by atoms with Crippen LogP contribution in [0, 0.1) is 11.8 Å². The molecule has 0 aromatic heterocycles. The molecule has 5 atom stereocenters. The predicted molar refractivity (Wildman–Crippen MR) is 216 cm³/mol. The molecule has 0 fully saturated rings. The highest BCUT2D eigenvalue weighted by Gasteiger charge is 2.24. The van der Waals surface area contributed by atoms with Gasteiger partial charge in [-0.2, -0.15) is 0 Å². The summed E-state index contributed by atoms with van der Waals surface area (Å²) in [5.74, 6) is -0.772. The van der Waals surface area contributed by atoms with Gasteiger partial charge in [0, 0.05) is 0 Å². The van der Waals surface area contributed by atoms with Crippen LogP contribution in [0.2, 0.25) is 0 Å². The van der Waals surface area contributed by atoms with Crippen molar-refractivity contribution in [1.29, 1.82) is 0 Å². The van der Waals surface area contributed by atoms with Crippen molar-refractivity contribution >= 4 is 11.9 Å². The van der Waals surface area contributed by atoms with Gasteiger partial charge < -0.3 is 34.3 Å². The average molecular weight is 759 g/mol. The SMILES string of the molecule is CCCCCCCCCC(CCCCCCC)C(=O)OCC(O)COCC(COC(=O)C(CCCCCC)CCCCCCCCC)OCC(O)CO. The Morgan fingerprint density at radius 2 is 0.792 bits per heavy atom. The summed E-state index contributed by atoms with van der Waals surface area (Å²) in [5, 5.41) is 29.8. The quantitative estimate of drug-likeness (QED) is 0.0412. The highest BCUT2D eigenvalue weighted by atomic mass is 16.6. The number of ether oxygens (including phenoxy) is 4. The van der Waals surface area contributed by atoms with Crippen LogP contribution < -0.4 is 0 Å². The zero-order chi connectivity index (χ0) is 39.2. The molecule has 0 aromatic carbocycles. The minimum absolute atomic E-state index is 0.00794. The van der Waals surface area contributed by atoms with Gasteiger partial charge in [-0.15, -0.1) is 0 Å². The van der Waals surface area contributed by atoms with Crippen LogP contribution in [0.25, 0.3) is 0 Å². The van der Waals surface area contributed by atoms with Crippen molar-refractivity contribution in [2.45, 2.75) is 219 Å². The number of carbonyl (C=O) groups excluding carboxylic acids is 2. The first-order valence-corrected chi connectivity index (χ1v) is 22.3. The number of aliphatic hydroxyl groups excluding tert-OH is 3. The number of hydrogen-bond donors (Lipinski definition) is 3. The molecule has 0 aliphatic carbocycles. The third kappa shape index (κ3) is 32.7. The summed E-state index contributed by atoms with van der Waals surface area (Å²) in [7, 11) is 0. The summed E-state index contributed by atoms with van der Waals surface area (Å²) in [4.78, 5) is 26.3. The summed E-state index contributed by atoms with van der Waals surface area (Å²) in [6.07, 6.45) is 27.4. The fourth-order valence-corrected chi connectivity index (χ4v) is 6.68. The fraction of sp³-hybridized carbons (Fsp3) is 0.955. The van der Waals surface area contributed by atoms with Crippen molar-refractivity contribution in [2.24, 2.45) is 11.8 Å². The number of unbranched alkanes of at least 4 members (excludes halogenated alkanes) is 19. The van der Waals surface area contributed by atoms with E-state index in [2.05, 4.69) is 27.7 Å². The van der Waals surface area contributed by atoms with E-state index < -0.39 is 24.9 Å². The summed E-state index contributed by atoms with van der Waals surface area (Å²) < 4.78 is 22.8. The fourth-order valence-electron chi connectivity index (χ4n) is 6.68. The third-order valence-electron chi connectivity index (χ3n) is 10.2. The molecule has 5 unspecified atom stereocenters. The Kier molecular flexibility index (Phi) is 38.1. The summed E-state index contributed by atoms with van der Waals surface area (Å²) in [5.41, 5.74) is 0. The van der Waals surface area contributed by atoms with E-state index in [9.17, 15) is 24.9 Å². The van der Waals surface area contributed by atoms with Crippen LogP contribution >= 0.6 is 0 Å². The van der Waals surface area contributed by atoms with E-state index in [1.807, 2.05) is 0 Å². The highest BCUT2D eigenvalue weighted by molar-refractivity contribution is 5.72. The molecule has 0 bridgehead atoms. The van der Waals surface area contributed by atoms with Crippen LogP contribution in [0.4, 0.5) is 0 Å². The first-order chi connectivity index (χ1) is 25.8. The van der Waals surface area contributed by atoms with E-state index in [1.54, 1.807) is 0 Å². The standard InChI is InChI=1S/C44H86O9/c1-5-9-13-17-19-22-26-30-38(29-25-21-15-11-7-3)43(48)52-35-41(47)33-50-36-42(51-34-40(46)32-45)37-53-44(49)39(28-24-16-12-8-4)31-27-23-20-18-14-10-6-2/h38-42,45-47H,5-37H2,1-4H3. The molecule has 0 saturated heterocycles. The molecular formula is C44H86O9. The lowest BCUT2D eigenvalue weighted by Crippen LogP contribution is -2.34. The molecule has 0 saturated carbocycles. The first kappa shape index (κ1) is 51.7. The number of hydrogen-bond acceptors (Lipinski definition) is 9. The van der Waals surface area contributed by atoms with Crippen molar-refractivity contribution in [3.8, 4) is 0 Å². The van der Waals surface area contributed by atoms with Gasteiger partial charge in [-0.25, -0.2) is 0 Å². The monoisotopic (exact) mass is 759 g/mol. The molecule has 9 heteroatoms. The van der Waals surface area contributed by atoms with Gasteiger partial charge in [0.1, 0.15) is 31.5 Å². The molecule has 0 heterocycles. The molecule has 9 nitrogen and oxygen atoms in total. The van der Waals surface area contributed by atoms with Gasteiger partial charge in [0.05, 0.1) is 38.3 Å². The maximum atomic E-state index is 13.2. The average Bonchev–Trinajstić information content (AvgIpc) is 3.16. The van der Waals surface area contributed by atoms with Crippen LogP contribution in [0.15, 0.2) is 0 Å². The summed E-state index contributed by atoms with van der Waals surface area (Å²) in [6, 6.07) is 0. The Morgan fingerprint density at radius 3 is 1.19 bits per heavy atom. The van der Waals surface area contributed by atoms with E-state index in [-0.39, 0.29) is 56.8 Å². The second-order valence-electron chi connectivity index (χ2n) is 15.5. The van der Waals surface area contributed by atoms with E-state index in [4.69, 9.17) is 18.9 Å². The first-order valence-electron chi connectivity index (χ1n) is 22.3. The summed E-state index contributed by atoms with van der Waals surface area (Å²) >= 11 is 0. The Bertz CT molecular complexity index is 795. The van der Waals surface area contributed by atoms with Gasteiger partial charge in [-0.1, -0.05) is 175 Å². The zero-order valence-electron chi connectivity index (χ0n) is 35.0. The molecule has 316 valence electrons. The maximum Gasteiger partial charge on any atom is 0.309 e. The second kappa shape index (κ2) is 39.0. The minimum Gasteiger partial charge on any atom is -0.463 e. The molecule has 0 aliphatic heterocycles. The largest absolute Gasteiger partial charge is 0.463 e. The van der Waals surface area contributed by atoms with Crippen LogP contribution in [0.5, 0.6) is 0 Å². The molecule has 0 radical (unpaired) electrons. The zero-order valence-corrected chi connectivity index (χ0v) is 35.0. The molecule has 53 heavy (non-hydrogen) atoms. The van der Waals surface area contributed by atoms with Crippen molar-refractivity contribution in [3.63, 3.8) is 0 Å². The van der Waals surface area contributed by atoms with Crippen LogP contribution in [-0.2, 0) is 28.5 Å².